The average molecular weight is 605 g/mol. The number of carbonyl (C=O) groups excluding carboxylic acids is 1. The fourth-order valence-corrected chi connectivity index (χ4v) is 7.50. The van der Waals surface area contributed by atoms with Gasteiger partial charge in [-0.15, -0.1) is 11.3 Å². The fraction of sp³-hybridized carbons (Fsp3) is 0.143. The van der Waals surface area contributed by atoms with E-state index in [1.807, 2.05) is 30.3 Å². The number of carbonyl (C=O) groups is 1. The second-order valence-corrected chi connectivity index (χ2v) is 12.2. The highest BCUT2D eigenvalue weighted by atomic mass is 32.2. The number of non-ortho nitro benzene ring substituents is 1. The van der Waals surface area contributed by atoms with Crippen molar-refractivity contribution in [3.05, 3.63) is 113 Å². The van der Waals surface area contributed by atoms with Gasteiger partial charge in [-0.05, 0) is 49.4 Å². The molecule has 13 heteroatoms. The number of hydrogen-bond acceptors (Lipinski definition) is 11. The molecular weight excluding hydrogens is 585 g/mol. The Morgan fingerprint density at radius 1 is 1.20 bits per heavy atom. The molecule has 0 amide bonds. The van der Waals surface area contributed by atoms with Crippen LogP contribution in [0, 0.1) is 10.1 Å². The van der Waals surface area contributed by atoms with E-state index in [0.29, 0.717) is 46.0 Å². The van der Waals surface area contributed by atoms with Gasteiger partial charge in [0.05, 0.1) is 43.6 Å². The van der Waals surface area contributed by atoms with E-state index in [4.69, 9.17) is 9.15 Å². The first-order chi connectivity index (χ1) is 19.8. The number of esters is 1. The van der Waals surface area contributed by atoms with Gasteiger partial charge in [-0.3, -0.25) is 19.5 Å². The van der Waals surface area contributed by atoms with Crippen LogP contribution in [0.25, 0.3) is 16.3 Å². The molecule has 41 heavy (non-hydrogen) atoms. The molecule has 1 aliphatic heterocycles. The Hall–Kier alpha value is -4.33. The van der Waals surface area contributed by atoms with E-state index in [9.17, 15) is 19.7 Å². The maximum atomic E-state index is 13.7. The number of allylic oxidation sites excluding steroid dienone is 1. The molecule has 4 heterocycles. The molecule has 0 saturated heterocycles. The molecule has 3 aromatic heterocycles. The van der Waals surface area contributed by atoms with Gasteiger partial charge in [0.1, 0.15) is 5.76 Å². The van der Waals surface area contributed by atoms with Crippen molar-refractivity contribution in [1.82, 2.24) is 9.55 Å². The van der Waals surface area contributed by atoms with E-state index in [-0.39, 0.29) is 17.9 Å². The predicted molar refractivity (Wildman–Crippen MR) is 156 cm³/mol. The zero-order chi connectivity index (χ0) is 28.7. The normalized spacial score (nSPS) is 15.2. The lowest BCUT2D eigenvalue weighted by Gasteiger charge is -2.24. The van der Waals surface area contributed by atoms with Crippen molar-refractivity contribution in [3.8, 4) is 0 Å². The Kier molecular flexibility index (Phi) is 7.15. The summed E-state index contributed by atoms with van der Waals surface area (Å²) in [5.74, 6) is -0.0406. The van der Waals surface area contributed by atoms with Gasteiger partial charge in [0.2, 0.25) is 0 Å². The third-order valence-corrected chi connectivity index (χ3v) is 9.24. The minimum Gasteiger partial charge on any atom is -0.463 e. The number of ether oxygens (including phenoxy) is 1. The molecule has 206 valence electrons. The maximum absolute atomic E-state index is 13.7. The van der Waals surface area contributed by atoms with Crippen molar-refractivity contribution in [2.45, 2.75) is 29.3 Å². The fourth-order valence-electron chi connectivity index (χ4n) is 4.47. The molecule has 10 nitrogen and oxygen atoms in total. The molecule has 0 unspecified atom stereocenters. The molecule has 0 fully saturated rings. The number of thiazole rings is 2. The highest BCUT2D eigenvalue weighted by molar-refractivity contribution is 8.01. The summed E-state index contributed by atoms with van der Waals surface area (Å²) in [6.45, 7) is 3.69. The van der Waals surface area contributed by atoms with Gasteiger partial charge in [-0.25, -0.2) is 14.8 Å². The van der Waals surface area contributed by atoms with Crippen LogP contribution < -0.4 is 14.9 Å². The summed E-state index contributed by atoms with van der Waals surface area (Å²) < 4.78 is 14.6. The van der Waals surface area contributed by atoms with E-state index in [2.05, 4.69) is 9.98 Å². The van der Waals surface area contributed by atoms with Gasteiger partial charge >= 0.3 is 5.97 Å². The summed E-state index contributed by atoms with van der Waals surface area (Å²) in [6, 6.07) is 16.7. The molecule has 1 atom stereocenters. The first kappa shape index (κ1) is 26.9. The quantitative estimate of drug-likeness (QED) is 0.143. The Labute approximate surface area is 244 Å². The van der Waals surface area contributed by atoms with Gasteiger partial charge in [-0.1, -0.05) is 41.7 Å². The zero-order valence-electron chi connectivity index (χ0n) is 21.6. The van der Waals surface area contributed by atoms with Crippen LogP contribution in [-0.2, 0) is 9.53 Å². The van der Waals surface area contributed by atoms with Crippen molar-refractivity contribution in [2.75, 3.05) is 6.61 Å². The molecule has 2 aromatic carbocycles. The van der Waals surface area contributed by atoms with Gasteiger partial charge in [0.25, 0.3) is 11.2 Å². The minimum absolute atomic E-state index is 0.0125. The van der Waals surface area contributed by atoms with Crippen molar-refractivity contribution < 1.29 is 18.9 Å². The van der Waals surface area contributed by atoms with E-state index < -0.39 is 16.9 Å². The summed E-state index contributed by atoms with van der Waals surface area (Å²) in [5, 5.41) is 11.6. The number of benzene rings is 2. The standard InChI is InChI=1S/C28H20N4O6S3/c1-3-37-26(34)23-15(2)29-27-31(24(23)16-7-5-4-6-8-16)25(33)21(39-27)14-18-10-12-22(38-18)41-28-30-19-11-9-17(32(35)36)13-20(19)40-28/h4-14,24H,3H2,1-2H3/b21-14-/t24-/m1/s1. The Morgan fingerprint density at radius 2 is 2.00 bits per heavy atom. The first-order valence-electron chi connectivity index (χ1n) is 12.4. The van der Waals surface area contributed by atoms with Crippen molar-refractivity contribution in [2.24, 2.45) is 4.99 Å². The Balaban J connectivity index is 1.35. The van der Waals surface area contributed by atoms with Gasteiger partial charge in [-0.2, -0.15) is 0 Å². The zero-order valence-corrected chi connectivity index (χ0v) is 24.0. The molecule has 0 aliphatic carbocycles. The molecule has 5 aromatic rings. The van der Waals surface area contributed by atoms with Crippen LogP contribution in [-0.4, -0.2) is 27.1 Å². The van der Waals surface area contributed by atoms with Crippen LogP contribution in [0.1, 0.15) is 31.2 Å². The van der Waals surface area contributed by atoms with Crippen LogP contribution in [0.5, 0.6) is 0 Å². The predicted octanol–water partition coefficient (Wildman–Crippen LogP) is 5.06. The number of nitro benzene ring substituents is 1. The topological polar surface area (TPSA) is 130 Å². The van der Waals surface area contributed by atoms with Crippen molar-refractivity contribution in [1.29, 1.82) is 0 Å². The molecule has 0 bridgehead atoms. The molecule has 1 aliphatic rings. The number of nitro groups is 1. The highest BCUT2D eigenvalue weighted by Gasteiger charge is 2.33. The summed E-state index contributed by atoms with van der Waals surface area (Å²) >= 11 is 3.84. The van der Waals surface area contributed by atoms with E-state index in [1.165, 1.54) is 51.1 Å². The van der Waals surface area contributed by atoms with Crippen molar-refractivity contribution in [3.63, 3.8) is 0 Å². The summed E-state index contributed by atoms with van der Waals surface area (Å²) in [6.07, 6.45) is 1.65. The van der Waals surface area contributed by atoms with Crippen LogP contribution in [0.15, 0.2) is 95.6 Å². The van der Waals surface area contributed by atoms with Crippen LogP contribution in [0.2, 0.25) is 0 Å². The number of aromatic nitrogens is 2. The number of fused-ring (bicyclic) bond motifs is 2. The van der Waals surface area contributed by atoms with Gasteiger partial charge < -0.3 is 9.15 Å². The molecule has 0 spiro atoms. The summed E-state index contributed by atoms with van der Waals surface area (Å²) in [7, 11) is 0. The summed E-state index contributed by atoms with van der Waals surface area (Å²) in [4.78, 5) is 46.9. The smallest absolute Gasteiger partial charge is 0.338 e. The van der Waals surface area contributed by atoms with Crippen LogP contribution >= 0.6 is 34.4 Å². The maximum Gasteiger partial charge on any atom is 0.338 e. The lowest BCUT2D eigenvalue weighted by molar-refractivity contribution is -0.384. The number of nitrogens with zero attached hydrogens (tertiary/aromatic N) is 4. The Bertz CT molecular complexity index is 2040. The molecule has 6 rings (SSSR count). The molecule has 0 radical (unpaired) electrons. The van der Waals surface area contributed by atoms with Gasteiger partial charge in [0, 0.05) is 18.2 Å². The third-order valence-electron chi connectivity index (χ3n) is 6.26. The third kappa shape index (κ3) is 5.14. The monoisotopic (exact) mass is 604 g/mol. The SMILES string of the molecule is CCOC(=O)C1=C(C)N=c2s/c(=C\c3ccc(Sc4nc5ccc([N+](=O)[O-])cc5s4)o3)c(=O)n2[C@@H]1c1ccccc1. The average Bonchev–Trinajstić information content (AvgIpc) is 3.65. The largest absolute Gasteiger partial charge is 0.463 e. The highest BCUT2D eigenvalue weighted by Crippen LogP contribution is 2.36. The van der Waals surface area contributed by atoms with Gasteiger partial charge in [0.15, 0.2) is 14.2 Å². The lowest BCUT2D eigenvalue weighted by Crippen LogP contribution is -2.39. The molecular formula is C28H20N4O6S3. The van der Waals surface area contributed by atoms with Crippen molar-refractivity contribution >= 4 is 62.4 Å². The number of hydrogen-bond donors (Lipinski definition) is 0. The van der Waals surface area contributed by atoms with E-state index >= 15 is 0 Å². The summed E-state index contributed by atoms with van der Waals surface area (Å²) in [5.41, 5.74) is 1.99. The van der Waals surface area contributed by atoms with Crippen LogP contribution in [0.3, 0.4) is 0 Å². The Morgan fingerprint density at radius 3 is 2.76 bits per heavy atom. The second kappa shape index (κ2) is 10.9. The lowest BCUT2D eigenvalue weighted by atomic mass is 9.96. The second-order valence-electron chi connectivity index (χ2n) is 8.86. The molecule has 0 saturated carbocycles. The minimum atomic E-state index is -0.675. The van der Waals surface area contributed by atoms with E-state index in [1.54, 1.807) is 38.1 Å². The van der Waals surface area contributed by atoms with E-state index in [0.717, 1.165) is 5.56 Å². The molecule has 0 N–H and O–H groups in total. The van der Waals surface area contributed by atoms with Crippen LogP contribution in [0.4, 0.5) is 5.69 Å². The number of furan rings is 1. The number of rotatable bonds is 7. The first-order valence-corrected chi connectivity index (χ1v) is 14.8.